The van der Waals surface area contributed by atoms with E-state index in [1.165, 1.54) is 25.7 Å². The lowest BCUT2D eigenvalue weighted by atomic mass is 9.85. The summed E-state index contributed by atoms with van der Waals surface area (Å²) in [5.41, 5.74) is 2.16. The van der Waals surface area contributed by atoms with Crippen LogP contribution < -0.4 is 0 Å². The van der Waals surface area contributed by atoms with Crippen LogP contribution in [0.15, 0.2) is 18.2 Å². The first kappa shape index (κ1) is 13.6. The Morgan fingerprint density at radius 1 is 1.39 bits per heavy atom. The third kappa shape index (κ3) is 3.14. The molecule has 0 aliphatic heterocycles. The van der Waals surface area contributed by atoms with Gasteiger partial charge in [0.05, 0.1) is 0 Å². The zero-order chi connectivity index (χ0) is 13.1. The van der Waals surface area contributed by atoms with Gasteiger partial charge in [-0.1, -0.05) is 49.4 Å². The predicted octanol–water partition coefficient (Wildman–Crippen LogP) is 4.90. The molecule has 0 saturated heterocycles. The van der Waals surface area contributed by atoms with Gasteiger partial charge < -0.3 is 0 Å². The van der Waals surface area contributed by atoms with Gasteiger partial charge in [0.1, 0.15) is 5.78 Å². The van der Waals surface area contributed by atoms with Crippen LogP contribution in [-0.2, 0) is 4.79 Å². The van der Waals surface area contributed by atoms with E-state index in [2.05, 4.69) is 6.07 Å². The van der Waals surface area contributed by atoms with Crippen LogP contribution in [0.3, 0.4) is 0 Å². The van der Waals surface area contributed by atoms with Crippen molar-refractivity contribution >= 4 is 17.4 Å². The molecule has 1 atom stereocenters. The molecular weight excluding hydrogens is 244 g/mol. The minimum Gasteiger partial charge on any atom is -0.299 e. The molecule has 0 spiro atoms. The van der Waals surface area contributed by atoms with Crippen LogP contribution >= 0.6 is 11.6 Å². The molecule has 98 valence electrons. The maximum absolute atomic E-state index is 11.9. The van der Waals surface area contributed by atoms with Crippen molar-refractivity contribution in [1.29, 1.82) is 0 Å². The van der Waals surface area contributed by atoms with Crippen molar-refractivity contribution in [3.05, 3.63) is 34.3 Å². The molecule has 1 aromatic rings. The topological polar surface area (TPSA) is 17.1 Å². The number of rotatable bonds is 4. The SMILES string of the molecule is CC(=O)C(CC1CCCC1)c1ccc(C)c(Cl)c1. The van der Waals surface area contributed by atoms with Crippen LogP contribution in [0.2, 0.25) is 5.02 Å². The highest BCUT2D eigenvalue weighted by Crippen LogP contribution is 2.35. The quantitative estimate of drug-likeness (QED) is 0.756. The summed E-state index contributed by atoms with van der Waals surface area (Å²) in [7, 11) is 0. The van der Waals surface area contributed by atoms with Crippen LogP contribution in [0.4, 0.5) is 0 Å². The van der Waals surface area contributed by atoms with Gasteiger partial charge in [-0.25, -0.2) is 0 Å². The molecule has 1 aromatic carbocycles. The van der Waals surface area contributed by atoms with Crippen molar-refractivity contribution in [3.63, 3.8) is 0 Å². The Morgan fingerprint density at radius 2 is 2.06 bits per heavy atom. The van der Waals surface area contributed by atoms with Gasteiger partial charge in [-0.15, -0.1) is 0 Å². The molecule has 0 bridgehead atoms. The van der Waals surface area contributed by atoms with Gasteiger partial charge >= 0.3 is 0 Å². The molecule has 0 aromatic heterocycles. The lowest BCUT2D eigenvalue weighted by Crippen LogP contribution is -2.13. The molecule has 1 nitrogen and oxygen atoms in total. The Kier molecular flexibility index (Phi) is 4.45. The molecule has 2 rings (SSSR count). The number of hydrogen-bond donors (Lipinski definition) is 0. The Balaban J connectivity index is 2.17. The summed E-state index contributed by atoms with van der Waals surface area (Å²) in [5.74, 6) is 1.02. The Hall–Kier alpha value is -0.820. The van der Waals surface area contributed by atoms with Crippen molar-refractivity contribution in [3.8, 4) is 0 Å². The molecule has 1 aliphatic carbocycles. The zero-order valence-electron chi connectivity index (χ0n) is 11.2. The smallest absolute Gasteiger partial charge is 0.137 e. The zero-order valence-corrected chi connectivity index (χ0v) is 12.0. The van der Waals surface area contributed by atoms with E-state index in [0.29, 0.717) is 0 Å². The molecule has 0 heterocycles. The van der Waals surface area contributed by atoms with E-state index in [0.717, 1.165) is 28.5 Å². The molecule has 1 unspecified atom stereocenters. The van der Waals surface area contributed by atoms with Crippen LogP contribution in [0, 0.1) is 12.8 Å². The number of aryl methyl sites for hydroxylation is 1. The van der Waals surface area contributed by atoms with E-state index < -0.39 is 0 Å². The third-order valence-electron chi connectivity index (χ3n) is 4.13. The first-order chi connectivity index (χ1) is 8.58. The predicted molar refractivity (Wildman–Crippen MR) is 76.2 cm³/mol. The minimum absolute atomic E-state index is 0.0335. The fraction of sp³-hybridized carbons (Fsp3) is 0.562. The summed E-state index contributed by atoms with van der Waals surface area (Å²) < 4.78 is 0. The van der Waals surface area contributed by atoms with E-state index in [1.807, 2.05) is 19.1 Å². The molecule has 1 saturated carbocycles. The van der Waals surface area contributed by atoms with Crippen molar-refractivity contribution in [1.82, 2.24) is 0 Å². The van der Waals surface area contributed by atoms with Gasteiger partial charge in [-0.3, -0.25) is 4.79 Å². The van der Waals surface area contributed by atoms with Gasteiger partial charge in [0.15, 0.2) is 0 Å². The fourth-order valence-corrected chi connectivity index (χ4v) is 3.13. The van der Waals surface area contributed by atoms with Crippen LogP contribution in [0.25, 0.3) is 0 Å². The van der Waals surface area contributed by atoms with Gasteiger partial charge in [0.25, 0.3) is 0 Å². The second kappa shape index (κ2) is 5.88. The molecule has 0 amide bonds. The average Bonchev–Trinajstić information content (AvgIpc) is 2.82. The van der Waals surface area contributed by atoms with Crippen molar-refractivity contribution in [2.45, 2.75) is 51.9 Å². The van der Waals surface area contributed by atoms with Gasteiger partial charge in [0.2, 0.25) is 0 Å². The highest BCUT2D eigenvalue weighted by Gasteiger charge is 2.24. The van der Waals surface area contributed by atoms with Crippen molar-refractivity contribution in [2.24, 2.45) is 5.92 Å². The molecule has 1 fully saturated rings. The van der Waals surface area contributed by atoms with Gasteiger partial charge in [-0.2, -0.15) is 0 Å². The van der Waals surface area contributed by atoms with Gasteiger partial charge in [-0.05, 0) is 43.4 Å². The number of carbonyl (C=O) groups excluding carboxylic acids is 1. The molecule has 1 aliphatic rings. The third-order valence-corrected chi connectivity index (χ3v) is 4.54. The standard InChI is InChI=1S/C16H21ClO/c1-11-7-8-14(10-16(11)17)15(12(2)18)9-13-5-3-4-6-13/h7-8,10,13,15H,3-6,9H2,1-2H3. The number of hydrogen-bond acceptors (Lipinski definition) is 1. The van der Waals surface area contributed by atoms with Crippen LogP contribution in [0.1, 0.15) is 56.1 Å². The van der Waals surface area contributed by atoms with E-state index in [4.69, 9.17) is 11.6 Å². The maximum Gasteiger partial charge on any atom is 0.137 e. The van der Waals surface area contributed by atoms with E-state index in [1.54, 1.807) is 6.92 Å². The Labute approximate surface area is 115 Å². The van der Waals surface area contributed by atoms with Crippen LogP contribution in [-0.4, -0.2) is 5.78 Å². The summed E-state index contributed by atoms with van der Waals surface area (Å²) in [6.07, 6.45) is 6.20. The normalized spacial score (nSPS) is 17.9. The van der Waals surface area contributed by atoms with E-state index >= 15 is 0 Å². The fourth-order valence-electron chi connectivity index (χ4n) is 2.94. The molecular formula is C16H21ClO. The highest BCUT2D eigenvalue weighted by molar-refractivity contribution is 6.31. The first-order valence-corrected chi connectivity index (χ1v) is 7.22. The molecule has 0 N–H and O–H groups in total. The van der Waals surface area contributed by atoms with Crippen LogP contribution in [0.5, 0.6) is 0 Å². The summed E-state index contributed by atoms with van der Waals surface area (Å²) in [4.78, 5) is 11.9. The average molecular weight is 265 g/mol. The number of carbonyl (C=O) groups is 1. The van der Waals surface area contributed by atoms with Crippen molar-refractivity contribution in [2.75, 3.05) is 0 Å². The molecule has 18 heavy (non-hydrogen) atoms. The number of Topliss-reactive ketones (excluding diaryl/α,β-unsaturated/α-hetero) is 1. The Morgan fingerprint density at radius 3 is 2.61 bits per heavy atom. The largest absolute Gasteiger partial charge is 0.299 e. The molecule has 2 heteroatoms. The second-order valence-electron chi connectivity index (χ2n) is 5.56. The lowest BCUT2D eigenvalue weighted by molar-refractivity contribution is -0.118. The summed E-state index contributed by atoms with van der Waals surface area (Å²) >= 11 is 6.17. The summed E-state index contributed by atoms with van der Waals surface area (Å²) in [6, 6.07) is 6.04. The summed E-state index contributed by atoms with van der Waals surface area (Å²) in [5, 5.41) is 0.769. The monoisotopic (exact) mass is 264 g/mol. The highest BCUT2D eigenvalue weighted by atomic mass is 35.5. The first-order valence-electron chi connectivity index (χ1n) is 6.84. The Bertz CT molecular complexity index is 433. The number of halogens is 1. The van der Waals surface area contributed by atoms with Gasteiger partial charge in [0, 0.05) is 10.9 Å². The number of ketones is 1. The van der Waals surface area contributed by atoms with Crippen molar-refractivity contribution < 1.29 is 4.79 Å². The minimum atomic E-state index is 0.0335. The van der Waals surface area contributed by atoms with E-state index in [-0.39, 0.29) is 11.7 Å². The number of benzene rings is 1. The molecule has 0 radical (unpaired) electrons. The second-order valence-corrected chi connectivity index (χ2v) is 5.97. The lowest BCUT2D eigenvalue weighted by Gasteiger charge is -2.19. The van der Waals surface area contributed by atoms with E-state index in [9.17, 15) is 4.79 Å². The maximum atomic E-state index is 11.9. The summed E-state index contributed by atoms with van der Waals surface area (Å²) in [6.45, 7) is 3.69.